The molecule has 0 fully saturated rings. The van der Waals surface area contributed by atoms with E-state index in [0.29, 0.717) is 11.5 Å². The molecule has 0 N–H and O–H groups in total. The number of rotatable bonds is 7. The van der Waals surface area contributed by atoms with Crippen LogP contribution in [0.15, 0.2) is 164 Å². The Labute approximate surface area is 332 Å². The second-order valence-electron chi connectivity index (χ2n) is 14.3. The van der Waals surface area contributed by atoms with Gasteiger partial charge < -0.3 is 24.3 Å². The smallest absolute Gasteiger partial charge is 0.509 e. The SMILES string of the molecule is CC(C)(C)c1ccc(-c2ccccc2)c(N2[CH-]N(c3[c-]c(Oc4[c-]c(N5[CH-]N(c6ccccc6)c6ccccc65)ccc4)ccc3)c3ccccc32)c1.[Pt+4]. The average Bonchev–Trinajstić information content (AvgIpc) is 3.78. The predicted octanol–water partition coefficient (Wildman–Crippen LogP) is 12.9. The maximum absolute atomic E-state index is 6.49. The zero-order chi connectivity index (χ0) is 35.9. The predicted molar refractivity (Wildman–Crippen MR) is 218 cm³/mol. The van der Waals surface area contributed by atoms with Gasteiger partial charge in [-0.25, -0.2) is 0 Å². The van der Waals surface area contributed by atoms with Crippen molar-refractivity contribution in [1.29, 1.82) is 0 Å². The van der Waals surface area contributed by atoms with Crippen molar-refractivity contribution < 1.29 is 25.8 Å². The molecule has 0 bridgehead atoms. The van der Waals surface area contributed by atoms with Crippen molar-refractivity contribution in [2.45, 2.75) is 26.2 Å². The number of ether oxygens (including phenoxy) is 1. The van der Waals surface area contributed by atoms with Crippen molar-refractivity contribution >= 4 is 45.5 Å². The Morgan fingerprint density at radius 1 is 0.463 bits per heavy atom. The average molecular weight is 882 g/mol. The number of hydrogen-bond acceptors (Lipinski definition) is 5. The fourth-order valence-electron chi connectivity index (χ4n) is 7.04. The van der Waals surface area contributed by atoms with Crippen LogP contribution in [0.4, 0.5) is 45.5 Å². The van der Waals surface area contributed by atoms with E-state index in [1.165, 1.54) is 16.7 Å². The van der Waals surface area contributed by atoms with Crippen LogP contribution in [0.5, 0.6) is 11.5 Å². The van der Waals surface area contributed by atoms with Crippen LogP contribution in [0.3, 0.4) is 0 Å². The van der Waals surface area contributed by atoms with Crippen molar-refractivity contribution in [3.8, 4) is 22.6 Å². The van der Waals surface area contributed by atoms with Crippen LogP contribution in [-0.2, 0) is 26.5 Å². The van der Waals surface area contributed by atoms with Gasteiger partial charge in [0.25, 0.3) is 0 Å². The van der Waals surface area contributed by atoms with E-state index in [2.05, 4.69) is 199 Å². The molecule has 54 heavy (non-hydrogen) atoms. The molecule has 9 rings (SSSR count). The molecule has 2 aliphatic heterocycles. The molecular formula is C48H38N4OPt. The topological polar surface area (TPSA) is 22.2 Å². The molecule has 2 heterocycles. The molecule has 0 saturated heterocycles. The first-order chi connectivity index (χ1) is 25.9. The van der Waals surface area contributed by atoms with E-state index in [0.717, 1.165) is 45.5 Å². The number of anilines is 8. The van der Waals surface area contributed by atoms with Gasteiger partial charge >= 0.3 is 21.1 Å². The number of nitrogens with zero attached hydrogens (tertiary/aromatic N) is 4. The minimum Gasteiger partial charge on any atom is -0.509 e. The largest absolute Gasteiger partial charge is 4.00 e. The van der Waals surface area contributed by atoms with Crippen LogP contribution in [0, 0.1) is 25.5 Å². The normalized spacial score (nSPS) is 13.4. The van der Waals surface area contributed by atoms with E-state index in [1.54, 1.807) is 0 Å². The molecule has 266 valence electrons. The Hall–Kier alpha value is -5.77. The van der Waals surface area contributed by atoms with Gasteiger partial charge in [-0.05, 0) is 59.0 Å². The summed E-state index contributed by atoms with van der Waals surface area (Å²) in [6.07, 6.45) is 0. The fraction of sp³-hybridized carbons (Fsp3) is 0.0833. The fourth-order valence-corrected chi connectivity index (χ4v) is 7.04. The van der Waals surface area contributed by atoms with E-state index < -0.39 is 0 Å². The summed E-state index contributed by atoms with van der Waals surface area (Å²) in [6.45, 7) is 11.1. The Morgan fingerprint density at radius 2 is 0.944 bits per heavy atom. The van der Waals surface area contributed by atoms with E-state index >= 15 is 0 Å². The minimum atomic E-state index is -0.00582. The monoisotopic (exact) mass is 881 g/mol. The van der Waals surface area contributed by atoms with Gasteiger partial charge in [0.2, 0.25) is 0 Å². The summed E-state index contributed by atoms with van der Waals surface area (Å²) in [5.74, 6) is 1.22. The first-order valence-corrected chi connectivity index (χ1v) is 17.9. The van der Waals surface area contributed by atoms with Crippen LogP contribution in [0.1, 0.15) is 26.3 Å². The molecule has 0 aliphatic carbocycles. The molecule has 0 unspecified atom stereocenters. The molecule has 2 aliphatic rings. The first-order valence-electron chi connectivity index (χ1n) is 17.9. The first kappa shape index (κ1) is 35.3. The quantitative estimate of drug-likeness (QED) is 0.148. The van der Waals surface area contributed by atoms with Crippen LogP contribution in [0.25, 0.3) is 11.1 Å². The third kappa shape index (κ3) is 6.65. The van der Waals surface area contributed by atoms with Crippen molar-refractivity contribution in [2.24, 2.45) is 0 Å². The van der Waals surface area contributed by atoms with Crippen LogP contribution in [-0.4, -0.2) is 0 Å². The van der Waals surface area contributed by atoms with Crippen molar-refractivity contribution in [3.63, 3.8) is 0 Å². The third-order valence-electron chi connectivity index (χ3n) is 9.75. The number of para-hydroxylation sites is 5. The summed E-state index contributed by atoms with van der Waals surface area (Å²) >= 11 is 0. The molecule has 0 aromatic heterocycles. The van der Waals surface area contributed by atoms with E-state index in [4.69, 9.17) is 4.74 Å². The van der Waals surface area contributed by atoms with Gasteiger partial charge in [0.15, 0.2) is 0 Å². The van der Waals surface area contributed by atoms with Gasteiger partial charge in [-0.2, -0.15) is 12.1 Å². The maximum Gasteiger partial charge on any atom is 4.00 e. The van der Waals surface area contributed by atoms with Gasteiger partial charge in [-0.15, -0.1) is 61.1 Å². The molecule has 0 saturated carbocycles. The van der Waals surface area contributed by atoms with Gasteiger partial charge in [-0.3, -0.25) is 0 Å². The van der Waals surface area contributed by atoms with Gasteiger partial charge in [0.1, 0.15) is 0 Å². The Balaban J connectivity index is 0.00000413. The Morgan fingerprint density at radius 3 is 1.50 bits per heavy atom. The molecular weight excluding hydrogens is 844 g/mol. The molecule has 7 aromatic rings. The maximum atomic E-state index is 6.49. The van der Waals surface area contributed by atoms with Crippen LogP contribution >= 0.6 is 0 Å². The van der Waals surface area contributed by atoms with E-state index in [-0.39, 0.29) is 26.5 Å². The molecule has 6 heteroatoms. The summed E-state index contributed by atoms with van der Waals surface area (Å²) in [4.78, 5) is 8.84. The molecule has 0 atom stereocenters. The Bertz CT molecular complexity index is 2410. The van der Waals surface area contributed by atoms with Crippen molar-refractivity contribution in [3.05, 3.63) is 195 Å². The molecule has 5 nitrogen and oxygen atoms in total. The zero-order valence-electron chi connectivity index (χ0n) is 30.3. The number of hydrogen-bond donors (Lipinski definition) is 0. The van der Waals surface area contributed by atoms with Crippen molar-refractivity contribution in [1.82, 2.24) is 0 Å². The van der Waals surface area contributed by atoms with Crippen LogP contribution in [0.2, 0.25) is 0 Å². The summed E-state index contributed by atoms with van der Waals surface area (Å²) in [5, 5.41) is 0. The second-order valence-corrected chi connectivity index (χ2v) is 14.3. The summed E-state index contributed by atoms with van der Waals surface area (Å²) < 4.78 is 6.49. The number of benzene rings is 7. The molecule has 0 amide bonds. The van der Waals surface area contributed by atoms with Gasteiger partial charge in [0.05, 0.1) is 0 Å². The van der Waals surface area contributed by atoms with E-state index in [9.17, 15) is 0 Å². The molecule has 7 aromatic carbocycles. The van der Waals surface area contributed by atoms with Crippen molar-refractivity contribution in [2.75, 3.05) is 19.6 Å². The Kier molecular flexibility index (Phi) is 9.52. The second kappa shape index (κ2) is 14.6. The zero-order valence-corrected chi connectivity index (χ0v) is 32.5. The van der Waals surface area contributed by atoms with E-state index in [1.807, 2.05) is 30.3 Å². The summed E-state index contributed by atoms with van der Waals surface area (Å²) in [6, 6.07) is 63.9. The van der Waals surface area contributed by atoms with Gasteiger partial charge in [-0.1, -0.05) is 106 Å². The molecule has 0 spiro atoms. The standard InChI is InChI=1S/C48H38N4O.Pt/c1-48(2,3)36-28-29-42(35-16-6-4-7-17-35)47(30-36)52-34-51(45-26-12-13-27-46(45)52)39-21-15-23-41(32-39)53-40-22-14-20-38(31-40)50-33-49(37-18-8-5-9-19-37)43-24-10-11-25-44(43)50;/h4-30,33-34H,1-3H3;/q-4;+4. The summed E-state index contributed by atoms with van der Waals surface area (Å²) in [5.41, 5.74) is 12.0. The van der Waals surface area contributed by atoms with Gasteiger partial charge in [0, 0.05) is 51.2 Å². The number of fused-ring (bicyclic) bond motifs is 2. The third-order valence-corrected chi connectivity index (χ3v) is 9.75. The minimum absolute atomic E-state index is 0. The van der Waals surface area contributed by atoms with Crippen LogP contribution < -0.4 is 24.3 Å². The summed E-state index contributed by atoms with van der Waals surface area (Å²) in [7, 11) is 0. The molecule has 0 radical (unpaired) electrons.